The number of Topliss-reactive ketones (excluding diaryl/α,β-unsaturated/α-hetero) is 1. The lowest BCUT2D eigenvalue weighted by Crippen LogP contribution is -2.36. The molecule has 1 atom stereocenters. The molecule has 2 aromatic rings. The summed E-state index contributed by atoms with van der Waals surface area (Å²) in [4.78, 5) is 31.1. The molecule has 0 aliphatic rings. The molecular weight excluding hydrogens is 324 g/mol. The first kappa shape index (κ1) is 18.4. The lowest BCUT2D eigenvalue weighted by Gasteiger charge is -2.23. The number of aryl methyl sites for hydroxylation is 2. The van der Waals surface area contributed by atoms with Crippen molar-refractivity contribution in [3.05, 3.63) is 44.4 Å². The van der Waals surface area contributed by atoms with Crippen LogP contribution in [0.3, 0.4) is 0 Å². The fraction of sp³-hybridized carbons (Fsp3) is 0.444. The van der Waals surface area contributed by atoms with Gasteiger partial charge in [0.25, 0.3) is 0 Å². The van der Waals surface area contributed by atoms with Crippen molar-refractivity contribution in [3.63, 3.8) is 0 Å². The second-order valence-electron chi connectivity index (χ2n) is 6.10. The number of hydrogen-bond donors (Lipinski definition) is 1. The van der Waals surface area contributed by atoms with E-state index in [4.69, 9.17) is 4.74 Å². The Bertz CT molecular complexity index is 760. The molecule has 0 radical (unpaired) electrons. The van der Waals surface area contributed by atoms with Crippen LogP contribution in [0.5, 0.6) is 0 Å². The van der Waals surface area contributed by atoms with Crippen LogP contribution in [0.15, 0.2) is 11.4 Å². The van der Waals surface area contributed by atoms with Crippen molar-refractivity contribution in [3.8, 4) is 0 Å². The number of hydrogen-bond acceptors (Lipinski definition) is 5. The van der Waals surface area contributed by atoms with Gasteiger partial charge >= 0.3 is 5.97 Å². The largest absolute Gasteiger partial charge is 0.465 e. The molecule has 0 spiro atoms. The van der Waals surface area contributed by atoms with Crippen LogP contribution in [0, 0.1) is 20.8 Å². The smallest absolute Gasteiger partial charge is 0.339 e. The van der Waals surface area contributed by atoms with Crippen LogP contribution in [-0.2, 0) is 11.3 Å². The van der Waals surface area contributed by atoms with Crippen LogP contribution in [0.25, 0.3) is 0 Å². The molecule has 5 nitrogen and oxygen atoms in total. The summed E-state index contributed by atoms with van der Waals surface area (Å²) in [6, 6.07) is 1.79. The van der Waals surface area contributed by atoms with E-state index in [0.29, 0.717) is 22.5 Å². The number of nitrogens with one attached hydrogen (secondary N) is 1. The van der Waals surface area contributed by atoms with Gasteiger partial charge in [0.05, 0.1) is 24.4 Å². The third-order valence-electron chi connectivity index (χ3n) is 4.48. The minimum absolute atomic E-state index is 0.0255. The van der Waals surface area contributed by atoms with Gasteiger partial charge in [-0.05, 0) is 57.3 Å². The molecular formula is C18H24N2O3S. The van der Waals surface area contributed by atoms with Crippen molar-refractivity contribution in [2.75, 3.05) is 14.2 Å². The molecule has 6 heteroatoms. The number of nitrogens with zero attached hydrogens (tertiary/aromatic N) is 1. The Hall–Kier alpha value is -1.92. The average Bonchev–Trinajstić information content (AvgIpc) is 3.08. The maximum Gasteiger partial charge on any atom is 0.339 e. The summed E-state index contributed by atoms with van der Waals surface area (Å²) < 4.78 is 4.80. The zero-order chi connectivity index (χ0) is 18.0. The van der Waals surface area contributed by atoms with Crippen LogP contribution in [0.2, 0.25) is 0 Å². The maximum absolute atomic E-state index is 12.9. The summed E-state index contributed by atoms with van der Waals surface area (Å²) in [5.74, 6) is -0.446. The number of esters is 1. The molecule has 0 amide bonds. The van der Waals surface area contributed by atoms with Gasteiger partial charge in [-0.1, -0.05) is 0 Å². The van der Waals surface area contributed by atoms with Crippen molar-refractivity contribution in [2.24, 2.45) is 0 Å². The van der Waals surface area contributed by atoms with E-state index in [1.807, 2.05) is 18.9 Å². The summed E-state index contributed by atoms with van der Waals surface area (Å²) in [7, 11) is 3.28. The zero-order valence-electron chi connectivity index (χ0n) is 15.0. The molecule has 1 N–H and O–H groups in total. The van der Waals surface area contributed by atoms with Gasteiger partial charge < -0.3 is 9.72 Å². The molecule has 0 aromatic carbocycles. The fourth-order valence-corrected chi connectivity index (χ4v) is 3.71. The van der Waals surface area contributed by atoms with E-state index in [0.717, 1.165) is 6.54 Å². The third-order valence-corrected chi connectivity index (χ3v) is 5.48. The predicted octanol–water partition coefficient (Wildman–Crippen LogP) is 3.49. The van der Waals surface area contributed by atoms with Crippen LogP contribution in [0.4, 0.5) is 0 Å². The zero-order valence-corrected chi connectivity index (χ0v) is 15.8. The van der Waals surface area contributed by atoms with Crippen LogP contribution in [-0.4, -0.2) is 41.8 Å². The number of rotatable bonds is 6. The Kier molecular flexibility index (Phi) is 5.62. The Morgan fingerprint density at radius 1 is 1.33 bits per heavy atom. The van der Waals surface area contributed by atoms with Crippen molar-refractivity contribution in [1.82, 2.24) is 9.88 Å². The van der Waals surface area contributed by atoms with E-state index in [2.05, 4.69) is 23.4 Å². The molecule has 0 bridgehead atoms. The summed E-state index contributed by atoms with van der Waals surface area (Å²) >= 11 is 1.70. The second kappa shape index (κ2) is 7.32. The van der Waals surface area contributed by atoms with Gasteiger partial charge in [-0.3, -0.25) is 9.69 Å². The van der Waals surface area contributed by atoms with E-state index in [-0.39, 0.29) is 11.8 Å². The number of H-pyrrole nitrogens is 1. The number of likely N-dealkylation sites (N-methyl/N-ethyl adjacent to an activating group) is 1. The standard InChI is InChI=1S/C18H24N2O3S/c1-10-7-8-24-14(10)9-20(5)13(4)17(21)16-11(2)15(12(3)19-16)18(22)23-6/h7-8,13,19H,9H2,1-6H3/t13-/m0/s1. The monoisotopic (exact) mass is 348 g/mol. The highest BCUT2D eigenvalue weighted by Crippen LogP contribution is 2.23. The minimum Gasteiger partial charge on any atom is -0.465 e. The number of methoxy groups -OCH3 is 1. The Balaban J connectivity index is 2.22. The minimum atomic E-state index is -0.421. The molecule has 2 rings (SSSR count). The van der Waals surface area contributed by atoms with Crippen LogP contribution >= 0.6 is 11.3 Å². The lowest BCUT2D eigenvalue weighted by atomic mass is 10.0. The number of aromatic amines is 1. The molecule has 0 saturated carbocycles. The van der Waals surface area contributed by atoms with Gasteiger partial charge in [-0.25, -0.2) is 4.79 Å². The first-order chi connectivity index (χ1) is 11.3. The summed E-state index contributed by atoms with van der Waals surface area (Å²) in [5, 5.41) is 2.06. The Morgan fingerprint density at radius 3 is 2.54 bits per heavy atom. The summed E-state index contributed by atoms with van der Waals surface area (Å²) in [5.41, 5.74) is 3.48. The number of carbonyl (C=O) groups is 2. The average molecular weight is 348 g/mol. The van der Waals surface area contributed by atoms with Crippen molar-refractivity contribution < 1.29 is 14.3 Å². The van der Waals surface area contributed by atoms with E-state index in [1.165, 1.54) is 17.6 Å². The Labute approximate surface area is 146 Å². The highest BCUT2D eigenvalue weighted by atomic mass is 32.1. The van der Waals surface area contributed by atoms with Crippen LogP contribution < -0.4 is 0 Å². The normalized spacial score (nSPS) is 12.5. The molecule has 24 heavy (non-hydrogen) atoms. The number of thiophene rings is 1. The lowest BCUT2D eigenvalue weighted by molar-refractivity contribution is 0.0599. The van der Waals surface area contributed by atoms with E-state index >= 15 is 0 Å². The molecule has 0 unspecified atom stereocenters. The topological polar surface area (TPSA) is 62.4 Å². The Morgan fingerprint density at radius 2 is 2.00 bits per heavy atom. The molecule has 0 aliphatic heterocycles. The van der Waals surface area contributed by atoms with Gasteiger partial charge in [0.2, 0.25) is 0 Å². The summed E-state index contributed by atoms with van der Waals surface area (Å²) in [6.07, 6.45) is 0. The van der Waals surface area contributed by atoms with Gasteiger partial charge in [0, 0.05) is 17.1 Å². The van der Waals surface area contributed by atoms with Gasteiger partial charge in [-0.2, -0.15) is 0 Å². The van der Waals surface area contributed by atoms with E-state index < -0.39 is 5.97 Å². The molecule has 0 saturated heterocycles. The first-order valence-corrected chi connectivity index (χ1v) is 8.70. The van der Waals surface area contributed by atoms with E-state index in [1.54, 1.807) is 25.2 Å². The molecule has 0 aliphatic carbocycles. The van der Waals surface area contributed by atoms with Gasteiger partial charge in [0.15, 0.2) is 5.78 Å². The molecule has 0 fully saturated rings. The van der Waals surface area contributed by atoms with Crippen molar-refractivity contribution in [2.45, 2.75) is 40.3 Å². The highest BCUT2D eigenvalue weighted by molar-refractivity contribution is 7.10. The summed E-state index contributed by atoms with van der Waals surface area (Å²) in [6.45, 7) is 8.24. The molecule has 2 aromatic heterocycles. The third kappa shape index (κ3) is 3.44. The van der Waals surface area contributed by atoms with Crippen molar-refractivity contribution >= 4 is 23.1 Å². The van der Waals surface area contributed by atoms with Crippen molar-refractivity contribution in [1.29, 1.82) is 0 Å². The van der Waals surface area contributed by atoms with Crippen LogP contribution in [0.1, 0.15) is 49.5 Å². The maximum atomic E-state index is 12.9. The number of ether oxygens (including phenoxy) is 1. The molecule has 130 valence electrons. The SMILES string of the molecule is COC(=O)c1c(C)[nH]c(C(=O)[C@H](C)N(C)Cc2sccc2C)c1C. The number of aromatic nitrogens is 1. The van der Waals surface area contributed by atoms with E-state index in [9.17, 15) is 9.59 Å². The number of ketones is 1. The quantitative estimate of drug-likeness (QED) is 0.641. The predicted molar refractivity (Wildman–Crippen MR) is 95.9 cm³/mol. The van der Waals surface area contributed by atoms with Gasteiger partial charge in [0.1, 0.15) is 0 Å². The molecule has 2 heterocycles. The fourth-order valence-electron chi connectivity index (χ4n) is 2.74. The second-order valence-corrected chi connectivity index (χ2v) is 7.10. The number of carbonyl (C=O) groups excluding carboxylic acids is 2. The highest BCUT2D eigenvalue weighted by Gasteiger charge is 2.27. The van der Waals surface area contributed by atoms with Gasteiger partial charge in [-0.15, -0.1) is 11.3 Å². The first-order valence-electron chi connectivity index (χ1n) is 7.82.